The number of carbonyl (C=O) groups excluding carboxylic acids is 2. The van der Waals surface area contributed by atoms with Gasteiger partial charge in [-0.15, -0.1) is 0 Å². The van der Waals surface area contributed by atoms with Crippen LogP contribution in [0.25, 0.3) is 17.4 Å². The van der Waals surface area contributed by atoms with Crippen LogP contribution in [0.3, 0.4) is 0 Å². The number of hydrogen-bond donors (Lipinski definition) is 0. The van der Waals surface area contributed by atoms with E-state index in [4.69, 9.17) is 9.15 Å². The molecule has 1 aliphatic rings. The van der Waals surface area contributed by atoms with Gasteiger partial charge in [0.2, 0.25) is 0 Å². The first kappa shape index (κ1) is 21.5. The largest absolute Gasteiger partial charge is 0.492 e. The van der Waals surface area contributed by atoms with Crippen LogP contribution in [-0.4, -0.2) is 29.2 Å². The molecule has 0 saturated carbocycles. The smallest absolute Gasteiger partial charge is 0.293 e. The number of imide groups is 1. The molecule has 1 aromatic heterocycles. The molecule has 0 N–H and O–H groups in total. The van der Waals surface area contributed by atoms with Gasteiger partial charge in [0, 0.05) is 16.1 Å². The number of nitrogens with zero attached hydrogens (tertiary/aromatic N) is 1. The van der Waals surface area contributed by atoms with E-state index in [2.05, 4.69) is 15.9 Å². The molecule has 158 valence electrons. The summed E-state index contributed by atoms with van der Waals surface area (Å²) in [6.45, 7) is 4.42. The molecule has 7 heteroatoms. The minimum absolute atomic E-state index is 0.190. The van der Waals surface area contributed by atoms with Gasteiger partial charge in [-0.2, -0.15) is 0 Å². The van der Waals surface area contributed by atoms with Crippen molar-refractivity contribution in [1.29, 1.82) is 0 Å². The van der Waals surface area contributed by atoms with Crippen molar-refractivity contribution in [2.45, 2.75) is 13.8 Å². The maximum Gasteiger partial charge on any atom is 0.293 e. The SMILES string of the molecule is Cc1cccc(OCCN2C(=O)S/C(=C\c3ccc(-c4ccc(C)cc4Br)o3)C2=O)c1. The molecule has 1 aliphatic heterocycles. The van der Waals surface area contributed by atoms with Gasteiger partial charge in [0.1, 0.15) is 23.9 Å². The molecule has 2 aromatic carbocycles. The molecule has 31 heavy (non-hydrogen) atoms. The predicted octanol–water partition coefficient (Wildman–Crippen LogP) is 6.44. The maximum atomic E-state index is 12.7. The van der Waals surface area contributed by atoms with E-state index in [0.717, 1.165) is 32.9 Å². The number of hydrogen-bond acceptors (Lipinski definition) is 5. The van der Waals surface area contributed by atoms with Crippen LogP contribution in [0, 0.1) is 13.8 Å². The van der Waals surface area contributed by atoms with Crippen molar-refractivity contribution < 1.29 is 18.7 Å². The zero-order chi connectivity index (χ0) is 22.0. The van der Waals surface area contributed by atoms with E-state index in [1.165, 1.54) is 4.90 Å². The zero-order valence-electron chi connectivity index (χ0n) is 17.1. The van der Waals surface area contributed by atoms with Gasteiger partial charge in [-0.1, -0.05) is 34.1 Å². The molecule has 0 radical (unpaired) electrons. The fraction of sp³-hybridized carbons (Fsp3) is 0.167. The number of carbonyl (C=O) groups is 2. The monoisotopic (exact) mass is 497 g/mol. The molecule has 3 aromatic rings. The van der Waals surface area contributed by atoms with Crippen LogP contribution in [-0.2, 0) is 4.79 Å². The quantitative estimate of drug-likeness (QED) is 0.366. The predicted molar refractivity (Wildman–Crippen MR) is 126 cm³/mol. The Labute approximate surface area is 193 Å². The first-order valence-electron chi connectivity index (χ1n) is 9.72. The number of aryl methyl sites for hydroxylation is 2. The van der Waals surface area contributed by atoms with E-state index >= 15 is 0 Å². The van der Waals surface area contributed by atoms with E-state index < -0.39 is 0 Å². The molecule has 0 spiro atoms. The Kier molecular flexibility index (Phi) is 6.34. The summed E-state index contributed by atoms with van der Waals surface area (Å²) in [7, 11) is 0. The van der Waals surface area contributed by atoms with Gasteiger partial charge in [0.05, 0.1) is 11.4 Å². The minimum atomic E-state index is -0.336. The van der Waals surface area contributed by atoms with Gasteiger partial charge < -0.3 is 9.15 Å². The topological polar surface area (TPSA) is 59.8 Å². The van der Waals surface area contributed by atoms with E-state index in [1.807, 2.05) is 62.4 Å². The van der Waals surface area contributed by atoms with Crippen LogP contribution in [0.5, 0.6) is 5.75 Å². The molecular weight excluding hydrogens is 478 g/mol. The molecule has 5 nitrogen and oxygen atoms in total. The number of benzene rings is 2. The molecule has 1 saturated heterocycles. The Balaban J connectivity index is 1.43. The molecule has 2 amide bonds. The number of furan rings is 1. The molecular formula is C24H20BrNO4S. The van der Waals surface area contributed by atoms with Crippen LogP contribution in [0.2, 0.25) is 0 Å². The highest BCUT2D eigenvalue weighted by atomic mass is 79.9. The number of rotatable bonds is 6. The summed E-state index contributed by atoms with van der Waals surface area (Å²) in [6.07, 6.45) is 1.61. The standard InChI is InChI=1S/C24H20BrNO4S/c1-15-4-3-5-17(12-15)29-11-10-26-23(27)22(31-24(26)28)14-18-7-9-21(30-18)19-8-6-16(2)13-20(19)25/h3-9,12-14H,10-11H2,1-2H3/b22-14-. The normalized spacial score (nSPS) is 15.2. The molecule has 2 heterocycles. The van der Waals surface area contributed by atoms with Crippen molar-refractivity contribution in [2.24, 2.45) is 0 Å². The summed E-state index contributed by atoms with van der Waals surface area (Å²) in [6, 6.07) is 17.3. The van der Waals surface area contributed by atoms with Gasteiger partial charge in [0.15, 0.2) is 0 Å². The Morgan fingerprint density at radius 1 is 1.06 bits per heavy atom. The van der Waals surface area contributed by atoms with Crippen molar-refractivity contribution in [3.05, 3.63) is 80.9 Å². The third-order valence-corrected chi connectivity index (χ3v) is 6.30. The van der Waals surface area contributed by atoms with Crippen molar-refractivity contribution >= 4 is 44.9 Å². The van der Waals surface area contributed by atoms with Gasteiger partial charge in [0.25, 0.3) is 11.1 Å². The second kappa shape index (κ2) is 9.16. The molecule has 0 bridgehead atoms. The lowest BCUT2D eigenvalue weighted by Crippen LogP contribution is -2.32. The highest BCUT2D eigenvalue weighted by Crippen LogP contribution is 2.34. The van der Waals surface area contributed by atoms with Gasteiger partial charge in [-0.3, -0.25) is 14.5 Å². The first-order valence-corrected chi connectivity index (χ1v) is 11.3. The summed E-state index contributed by atoms with van der Waals surface area (Å²) >= 11 is 4.46. The Bertz CT molecular complexity index is 1180. The second-order valence-corrected chi connectivity index (χ2v) is 9.03. The Morgan fingerprint density at radius 3 is 2.65 bits per heavy atom. The van der Waals surface area contributed by atoms with E-state index in [1.54, 1.807) is 12.1 Å². The Hall–Kier alpha value is -2.77. The van der Waals surface area contributed by atoms with Crippen LogP contribution in [0.4, 0.5) is 4.79 Å². The zero-order valence-corrected chi connectivity index (χ0v) is 19.5. The lowest BCUT2D eigenvalue weighted by molar-refractivity contribution is -0.123. The highest BCUT2D eigenvalue weighted by molar-refractivity contribution is 9.10. The third kappa shape index (κ3) is 4.94. The van der Waals surface area contributed by atoms with Crippen molar-refractivity contribution in [2.75, 3.05) is 13.2 Å². The maximum absolute atomic E-state index is 12.7. The average molecular weight is 498 g/mol. The second-order valence-electron chi connectivity index (χ2n) is 7.18. The van der Waals surface area contributed by atoms with Crippen LogP contribution in [0.1, 0.15) is 16.9 Å². The first-order chi connectivity index (χ1) is 14.9. The van der Waals surface area contributed by atoms with E-state index in [9.17, 15) is 9.59 Å². The van der Waals surface area contributed by atoms with Crippen LogP contribution >= 0.6 is 27.7 Å². The van der Waals surface area contributed by atoms with Crippen molar-refractivity contribution in [3.63, 3.8) is 0 Å². The molecule has 0 aliphatic carbocycles. The molecule has 4 rings (SSSR count). The van der Waals surface area contributed by atoms with Gasteiger partial charge >= 0.3 is 0 Å². The summed E-state index contributed by atoms with van der Waals surface area (Å²) in [5.41, 5.74) is 3.15. The average Bonchev–Trinajstić information content (AvgIpc) is 3.28. The lowest BCUT2D eigenvalue weighted by Gasteiger charge is -2.13. The molecule has 0 unspecified atom stereocenters. The third-order valence-electron chi connectivity index (χ3n) is 4.74. The van der Waals surface area contributed by atoms with Crippen molar-refractivity contribution in [3.8, 4) is 17.1 Å². The fourth-order valence-corrected chi connectivity index (χ4v) is 4.71. The fourth-order valence-electron chi connectivity index (χ4n) is 3.18. The van der Waals surface area contributed by atoms with E-state index in [0.29, 0.717) is 22.2 Å². The summed E-state index contributed by atoms with van der Waals surface area (Å²) in [5, 5.41) is -0.308. The van der Waals surface area contributed by atoms with Crippen molar-refractivity contribution in [1.82, 2.24) is 4.90 Å². The lowest BCUT2D eigenvalue weighted by atomic mass is 10.1. The van der Waals surface area contributed by atoms with Crippen LogP contribution in [0.15, 0.2) is 68.4 Å². The minimum Gasteiger partial charge on any atom is -0.492 e. The summed E-state index contributed by atoms with van der Waals surface area (Å²) in [4.78, 5) is 26.6. The summed E-state index contributed by atoms with van der Waals surface area (Å²) < 4.78 is 12.5. The van der Waals surface area contributed by atoms with Gasteiger partial charge in [-0.05, 0) is 73.1 Å². The molecule has 0 atom stereocenters. The number of ether oxygens (including phenoxy) is 1. The van der Waals surface area contributed by atoms with E-state index in [-0.39, 0.29) is 24.3 Å². The van der Waals surface area contributed by atoms with Gasteiger partial charge in [-0.25, -0.2) is 0 Å². The number of halogens is 1. The number of amides is 2. The molecule has 1 fully saturated rings. The number of thioether (sulfide) groups is 1. The highest BCUT2D eigenvalue weighted by Gasteiger charge is 2.35. The summed E-state index contributed by atoms with van der Waals surface area (Å²) in [5.74, 6) is 1.58. The van der Waals surface area contributed by atoms with Crippen LogP contribution < -0.4 is 4.74 Å². The Morgan fingerprint density at radius 2 is 1.87 bits per heavy atom.